The van der Waals surface area contributed by atoms with E-state index in [1.807, 2.05) is 4.90 Å². The Hall–Kier alpha value is -0.890. The molecule has 0 aromatic carbocycles. The van der Waals surface area contributed by atoms with Crippen molar-refractivity contribution < 1.29 is 14.3 Å². The first-order valence-corrected chi connectivity index (χ1v) is 7.76. The summed E-state index contributed by atoms with van der Waals surface area (Å²) >= 11 is 0. The molecular weight excluding hydrogens is 308 g/mol. The van der Waals surface area contributed by atoms with E-state index in [9.17, 15) is 9.59 Å². The van der Waals surface area contributed by atoms with Crippen LogP contribution in [0.2, 0.25) is 0 Å². The second-order valence-electron chi connectivity index (χ2n) is 5.65. The van der Waals surface area contributed by atoms with Crippen molar-refractivity contribution in [2.75, 3.05) is 59.0 Å². The molecule has 2 saturated heterocycles. The second-order valence-corrected chi connectivity index (χ2v) is 5.65. The van der Waals surface area contributed by atoms with Crippen LogP contribution in [0.4, 0.5) is 0 Å². The van der Waals surface area contributed by atoms with Gasteiger partial charge in [0.15, 0.2) is 0 Å². The fourth-order valence-corrected chi connectivity index (χ4v) is 2.86. The summed E-state index contributed by atoms with van der Waals surface area (Å²) in [6.07, 6.45) is 1.84. The number of rotatable bonds is 5. The van der Waals surface area contributed by atoms with Crippen LogP contribution in [0.5, 0.6) is 0 Å². The van der Waals surface area contributed by atoms with Crippen molar-refractivity contribution in [1.29, 1.82) is 0 Å². The van der Waals surface area contributed by atoms with Gasteiger partial charge in [-0.15, -0.1) is 12.4 Å². The highest BCUT2D eigenvalue weighted by Crippen LogP contribution is 2.16. The molecule has 0 saturated carbocycles. The molecule has 2 amide bonds. The lowest BCUT2D eigenvalue weighted by Crippen LogP contribution is -2.49. The topological polar surface area (TPSA) is 87.9 Å². The normalized spacial score (nSPS) is 22.8. The quantitative estimate of drug-likeness (QED) is 0.677. The van der Waals surface area contributed by atoms with Crippen LogP contribution in [0.25, 0.3) is 0 Å². The predicted molar refractivity (Wildman–Crippen MR) is 85.9 cm³/mol. The average molecular weight is 335 g/mol. The molecule has 0 spiro atoms. The van der Waals surface area contributed by atoms with Crippen molar-refractivity contribution in [2.24, 2.45) is 11.7 Å². The van der Waals surface area contributed by atoms with E-state index in [4.69, 9.17) is 10.5 Å². The average Bonchev–Trinajstić information content (AvgIpc) is 2.53. The Balaban J connectivity index is 0.00000242. The standard InChI is InChI=1S/C14H26N4O3.ClH/c15-3-4-16-14(20)12-2-1-5-17(10-12)11-13(19)18-6-8-21-9-7-18;/h12H,1-11,15H2,(H,16,20);1H. The maximum atomic E-state index is 12.2. The van der Waals surface area contributed by atoms with Crippen LogP contribution in [0.3, 0.4) is 0 Å². The van der Waals surface area contributed by atoms with Gasteiger partial charge in [-0.2, -0.15) is 0 Å². The van der Waals surface area contributed by atoms with Crippen LogP contribution in [0.1, 0.15) is 12.8 Å². The van der Waals surface area contributed by atoms with Crippen LogP contribution in [-0.4, -0.2) is 80.6 Å². The first kappa shape index (κ1) is 19.2. The minimum Gasteiger partial charge on any atom is -0.378 e. The van der Waals surface area contributed by atoms with Gasteiger partial charge in [-0.3, -0.25) is 14.5 Å². The van der Waals surface area contributed by atoms with Crippen molar-refractivity contribution in [3.05, 3.63) is 0 Å². The molecule has 0 radical (unpaired) electrons. The summed E-state index contributed by atoms with van der Waals surface area (Å²) in [5, 5.41) is 2.84. The molecule has 0 aliphatic carbocycles. The number of nitrogens with zero attached hydrogens (tertiary/aromatic N) is 2. The lowest BCUT2D eigenvalue weighted by atomic mass is 9.97. The smallest absolute Gasteiger partial charge is 0.236 e. The van der Waals surface area contributed by atoms with Gasteiger partial charge in [-0.05, 0) is 19.4 Å². The maximum Gasteiger partial charge on any atom is 0.236 e. The van der Waals surface area contributed by atoms with E-state index in [2.05, 4.69) is 10.2 Å². The molecule has 2 heterocycles. The van der Waals surface area contributed by atoms with E-state index in [0.717, 1.165) is 19.4 Å². The third-order valence-electron chi connectivity index (χ3n) is 4.04. The summed E-state index contributed by atoms with van der Waals surface area (Å²) in [5.41, 5.74) is 5.40. The number of likely N-dealkylation sites (tertiary alicyclic amines) is 1. The molecule has 0 bridgehead atoms. The summed E-state index contributed by atoms with van der Waals surface area (Å²) in [5.74, 6) is 0.174. The molecule has 7 nitrogen and oxygen atoms in total. The monoisotopic (exact) mass is 334 g/mol. The van der Waals surface area contributed by atoms with Crippen LogP contribution >= 0.6 is 12.4 Å². The van der Waals surface area contributed by atoms with Crippen LogP contribution in [0.15, 0.2) is 0 Å². The number of hydrogen-bond donors (Lipinski definition) is 2. The number of nitrogens with one attached hydrogen (secondary N) is 1. The lowest BCUT2D eigenvalue weighted by Gasteiger charge is -2.34. The van der Waals surface area contributed by atoms with Crippen molar-refractivity contribution in [3.63, 3.8) is 0 Å². The fraction of sp³-hybridized carbons (Fsp3) is 0.857. The molecule has 22 heavy (non-hydrogen) atoms. The fourth-order valence-electron chi connectivity index (χ4n) is 2.86. The van der Waals surface area contributed by atoms with E-state index in [0.29, 0.717) is 52.5 Å². The summed E-state index contributed by atoms with van der Waals surface area (Å²) < 4.78 is 5.26. The molecule has 2 aliphatic rings. The Morgan fingerprint density at radius 3 is 2.64 bits per heavy atom. The minimum atomic E-state index is -0.0252. The van der Waals surface area contributed by atoms with Gasteiger partial charge in [0.05, 0.1) is 25.7 Å². The Morgan fingerprint density at radius 2 is 1.95 bits per heavy atom. The number of halogens is 1. The largest absolute Gasteiger partial charge is 0.378 e. The van der Waals surface area contributed by atoms with Gasteiger partial charge < -0.3 is 20.7 Å². The number of carbonyl (C=O) groups is 2. The van der Waals surface area contributed by atoms with Gasteiger partial charge >= 0.3 is 0 Å². The second kappa shape index (κ2) is 9.99. The van der Waals surface area contributed by atoms with Gasteiger partial charge in [-0.1, -0.05) is 0 Å². The highest BCUT2D eigenvalue weighted by molar-refractivity contribution is 5.85. The molecule has 128 valence electrons. The van der Waals surface area contributed by atoms with Crippen molar-refractivity contribution >= 4 is 24.2 Å². The van der Waals surface area contributed by atoms with E-state index in [-0.39, 0.29) is 30.1 Å². The molecule has 2 rings (SSSR count). The number of amides is 2. The summed E-state index contributed by atoms with van der Waals surface area (Å²) in [4.78, 5) is 28.2. The lowest BCUT2D eigenvalue weighted by molar-refractivity contribution is -0.138. The zero-order valence-corrected chi connectivity index (χ0v) is 13.8. The molecule has 1 atom stereocenters. The van der Waals surface area contributed by atoms with Crippen molar-refractivity contribution in [1.82, 2.24) is 15.1 Å². The zero-order chi connectivity index (χ0) is 15.1. The number of piperidine rings is 1. The van der Waals surface area contributed by atoms with Crippen LogP contribution in [-0.2, 0) is 14.3 Å². The molecule has 3 N–H and O–H groups in total. The highest BCUT2D eigenvalue weighted by Gasteiger charge is 2.28. The van der Waals surface area contributed by atoms with Crippen molar-refractivity contribution in [2.45, 2.75) is 12.8 Å². The number of carbonyl (C=O) groups excluding carboxylic acids is 2. The number of morpholine rings is 1. The van der Waals surface area contributed by atoms with Gasteiger partial charge in [0.1, 0.15) is 0 Å². The maximum absolute atomic E-state index is 12.2. The number of nitrogens with two attached hydrogens (primary N) is 1. The summed E-state index contributed by atoms with van der Waals surface area (Å²) in [7, 11) is 0. The third kappa shape index (κ3) is 5.72. The molecule has 0 aromatic heterocycles. The SMILES string of the molecule is Cl.NCCNC(=O)C1CCCN(CC(=O)N2CCOCC2)C1. The predicted octanol–water partition coefficient (Wildman–Crippen LogP) is -0.946. The summed E-state index contributed by atoms with van der Waals surface area (Å²) in [6.45, 7) is 5.51. The molecule has 1 unspecified atom stereocenters. The van der Waals surface area contributed by atoms with E-state index >= 15 is 0 Å². The Bertz CT molecular complexity index is 364. The van der Waals surface area contributed by atoms with Crippen molar-refractivity contribution in [3.8, 4) is 0 Å². The first-order valence-electron chi connectivity index (χ1n) is 7.76. The number of ether oxygens (including phenoxy) is 1. The third-order valence-corrected chi connectivity index (χ3v) is 4.04. The first-order chi connectivity index (χ1) is 10.2. The molecular formula is C14H27ClN4O3. The van der Waals surface area contributed by atoms with Gasteiger partial charge in [0.25, 0.3) is 0 Å². The van der Waals surface area contributed by atoms with Crippen LogP contribution < -0.4 is 11.1 Å². The Labute approximate surface area is 137 Å². The zero-order valence-electron chi connectivity index (χ0n) is 13.0. The van der Waals surface area contributed by atoms with Gasteiger partial charge in [0, 0.05) is 32.7 Å². The Morgan fingerprint density at radius 1 is 1.23 bits per heavy atom. The Kier molecular flexibility index (Phi) is 8.70. The van der Waals surface area contributed by atoms with E-state index in [1.54, 1.807) is 0 Å². The molecule has 2 aliphatic heterocycles. The summed E-state index contributed by atoms with van der Waals surface area (Å²) in [6, 6.07) is 0. The molecule has 0 aromatic rings. The number of hydrogen-bond acceptors (Lipinski definition) is 5. The van der Waals surface area contributed by atoms with Gasteiger partial charge in [0.2, 0.25) is 11.8 Å². The van der Waals surface area contributed by atoms with E-state index in [1.165, 1.54) is 0 Å². The van der Waals surface area contributed by atoms with Gasteiger partial charge in [-0.25, -0.2) is 0 Å². The van der Waals surface area contributed by atoms with E-state index < -0.39 is 0 Å². The molecule has 8 heteroatoms. The highest BCUT2D eigenvalue weighted by atomic mass is 35.5. The van der Waals surface area contributed by atoms with Crippen LogP contribution in [0, 0.1) is 5.92 Å². The minimum absolute atomic E-state index is 0. The molecule has 2 fully saturated rings.